The number of β-lactam (4-membered cyclic amide) rings is 1. The molecule has 7 nitrogen and oxygen atoms in total. The fourth-order valence-corrected chi connectivity index (χ4v) is 4.69. The molecule has 29 heavy (non-hydrogen) atoms. The van der Waals surface area contributed by atoms with Crippen molar-refractivity contribution in [3.8, 4) is 0 Å². The van der Waals surface area contributed by atoms with Crippen molar-refractivity contribution in [1.29, 1.82) is 0 Å². The molecule has 3 aromatic rings. The Hall–Kier alpha value is -3.16. The zero-order chi connectivity index (χ0) is 20.4. The van der Waals surface area contributed by atoms with Crippen LogP contribution in [0.2, 0.25) is 0 Å². The maximum atomic E-state index is 12.5. The van der Waals surface area contributed by atoms with Crippen LogP contribution in [0.5, 0.6) is 0 Å². The first-order valence-electron chi connectivity index (χ1n) is 9.45. The quantitative estimate of drug-likeness (QED) is 0.587. The second-order valence-corrected chi connectivity index (χ2v) is 7.65. The summed E-state index contributed by atoms with van der Waals surface area (Å²) in [7, 11) is 0. The molecule has 0 spiro atoms. The Labute approximate surface area is 165 Å². The SMILES string of the molecule is C[C@@H](O)[C@H]1C(=O)N2C(C(=O)O)=C(c3cccc4c3oc3ccc(CO)cc34)C[C@H]12. The van der Waals surface area contributed by atoms with Gasteiger partial charge in [-0.05, 0) is 36.6 Å². The van der Waals surface area contributed by atoms with Gasteiger partial charge in [0.2, 0.25) is 5.91 Å². The van der Waals surface area contributed by atoms with E-state index in [2.05, 4.69) is 0 Å². The number of aliphatic hydroxyl groups is 2. The summed E-state index contributed by atoms with van der Waals surface area (Å²) in [5.74, 6) is -2.12. The van der Waals surface area contributed by atoms with Gasteiger partial charge in [0.15, 0.2) is 0 Å². The topological polar surface area (TPSA) is 111 Å². The minimum absolute atomic E-state index is 0.0408. The van der Waals surface area contributed by atoms with Crippen LogP contribution in [0.15, 0.2) is 46.5 Å². The molecule has 1 saturated heterocycles. The van der Waals surface area contributed by atoms with Gasteiger partial charge in [0.25, 0.3) is 0 Å². The summed E-state index contributed by atoms with van der Waals surface area (Å²) in [6.45, 7) is 1.47. The number of carboxylic acid groups (broad SMARTS) is 1. The first-order chi connectivity index (χ1) is 13.9. The largest absolute Gasteiger partial charge is 0.477 e. The summed E-state index contributed by atoms with van der Waals surface area (Å²) in [4.78, 5) is 25.8. The number of carbonyl (C=O) groups excluding carboxylic acids is 1. The molecule has 1 aromatic heterocycles. The molecule has 1 fully saturated rings. The van der Waals surface area contributed by atoms with Crippen LogP contribution >= 0.6 is 0 Å². The Balaban J connectivity index is 1.71. The summed E-state index contributed by atoms with van der Waals surface area (Å²) in [6.07, 6.45) is -0.488. The number of carbonyl (C=O) groups is 2. The molecule has 3 heterocycles. The van der Waals surface area contributed by atoms with Crippen LogP contribution in [-0.2, 0) is 16.2 Å². The van der Waals surface area contributed by atoms with E-state index in [-0.39, 0.29) is 24.3 Å². The number of amides is 1. The van der Waals surface area contributed by atoms with Gasteiger partial charge < -0.3 is 24.6 Å². The van der Waals surface area contributed by atoms with Gasteiger partial charge >= 0.3 is 5.97 Å². The fraction of sp³-hybridized carbons (Fsp3) is 0.273. The lowest BCUT2D eigenvalue weighted by atomic mass is 9.82. The molecule has 3 N–H and O–H groups in total. The number of fused-ring (bicyclic) bond motifs is 4. The lowest BCUT2D eigenvalue weighted by molar-refractivity contribution is -0.161. The standard InChI is InChI=1S/C22H19NO6/c1-10(25)18-16-8-15(19(22(27)28)23(16)21(18)26)13-4-2-3-12-14-7-11(9-24)5-6-17(14)29-20(12)13/h2-7,10,16,18,24-25H,8-9H2,1H3,(H,27,28)/t10-,16-,18-/m1/s1. The highest BCUT2D eigenvalue weighted by Crippen LogP contribution is 2.48. The van der Waals surface area contributed by atoms with Crippen molar-refractivity contribution in [2.24, 2.45) is 5.92 Å². The number of benzene rings is 2. The van der Waals surface area contributed by atoms with E-state index < -0.39 is 18.0 Å². The molecule has 148 valence electrons. The van der Waals surface area contributed by atoms with Gasteiger partial charge in [0, 0.05) is 16.3 Å². The Kier molecular flexibility index (Phi) is 3.81. The number of nitrogens with zero attached hydrogens (tertiary/aromatic N) is 1. The molecule has 0 saturated carbocycles. The van der Waals surface area contributed by atoms with Crippen molar-refractivity contribution in [2.45, 2.75) is 32.1 Å². The van der Waals surface area contributed by atoms with E-state index in [1.807, 2.05) is 18.2 Å². The molecule has 7 heteroatoms. The first kappa shape index (κ1) is 17.9. The predicted octanol–water partition coefficient (Wildman–Crippen LogP) is 2.49. The van der Waals surface area contributed by atoms with Gasteiger partial charge in [-0.15, -0.1) is 0 Å². The van der Waals surface area contributed by atoms with Gasteiger partial charge in [-0.25, -0.2) is 4.79 Å². The van der Waals surface area contributed by atoms with Crippen molar-refractivity contribution >= 4 is 39.4 Å². The Morgan fingerprint density at radius 2 is 2.07 bits per heavy atom. The molecule has 1 amide bonds. The monoisotopic (exact) mass is 393 g/mol. The van der Waals surface area contributed by atoms with E-state index >= 15 is 0 Å². The third-order valence-corrected chi connectivity index (χ3v) is 6.00. The number of aliphatic carboxylic acids is 1. The minimum atomic E-state index is -1.17. The maximum Gasteiger partial charge on any atom is 0.352 e. The van der Waals surface area contributed by atoms with E-state index in [9.17, 15) is 24.9 Å². The number of para-hydroxylation sites is 1. The highest BCUT2D eigenvalue weighted by atomic mass is 16.4. The second kappa shape index (κ2) is 6.17. The number of carboxylic acids is 1. The predicted molar refractivity (Wildman–Crippen MR) is 105 cm³/mol. The third-order valence-electron chi connectivity index (χ3n) is 6.00. The normalized spacial score (nSPS) is 22.3. The Morgan fingerprint density at radius 3 is 2.76 bits per heavy atom. The average molecular weight is 393 g/mol. The van der Waals surface area contributed by atoms with Crippen LogP contribution in [0.1, 0.15) is 24.5 Å². The Bertz CT molecular complexity index is 1220. The highest BCUT2D eigenvalue weighted by molar-refractivity contribution is 6.12. The van der Waals surface area contributed by atoms with Gasteiger partial charge in [0.05, 0.1) is 24.7 Å². The van der Waals surface area contributed by atoms with Gasteiger partial charge in [-0.2, -0.15) is 0 Å². The highest BCUT2D eigenvalue weighted by Gasteiger charge is 2.57. The maximum absolute atomic E-state index is 12.5. The molecular weight excluding hydrogens is 374 g/mol. The molecule has 0 aliphatic carbocycles. The lowest BCUT2D eigenvalue weighted by Crippen LogP contribution is -2.61. The molecule has 0 unspecified atom stereocenters. The summed E-state index contributed by atoms with van der Waals surface area (Å²) in [5, 5.41) is 30.8. The number of aliphatic hydroxyl groups excluding tert-OH is 2. The van der Waals surface area contributed by atoms with Crippen molar-refractivity contribution in [2.75, 3.05) is 0 Å². The zero-order valence-corrected chi connectivity index (χ0v) is 15.6. The van der Waals surface area contributed by atoms with Crippen LogP contribution in [0.4, 0.5) is 0 Å². The molecule has 2 aliphatic heterocycles. The number of hydrogen-bond donors (Lipinski definition) is 3. The van der Waals surface area contributed by atoms with Crippen molar-refractivity contribution in [1.82, 2.24) is 4.90 Å². The molecule has 0 radical (unpaired) electrons. The number of rotatable bonds is 4. The Morgan fingerprint density at radius 1 is 1.28 bits per heavy atom. The smallest absolute Gasteiger partial charge is 0.352 e. The second-order valence-electron chi connectivity index (χ2n) is 7.65. The lowest BCUT2D eigenvalue weighted by Gasteiger charge is -2.44. The van der Waals surface area contributed by atoms with E-state index in [0.717, 1.165) is 16.3 Å². The van der Waals surface area contributed by atoms with Crippen LogP contribution < -0.4 is 0 Å². The van der Waals surface area contributed by atoms with Crippen LogP contribution in [0.25, 0.3) is 27.5 Å². The zero-order valence-electron chi connectivity index (χ0n) is 15.6. The number of hydrogen-bond acceptors (Lipinski definition) is 5. The van der Waals surface area contributed by atoms with Crippen molar-refractivity contribution in [3.63, 3.8) is 0 Å². The van der Waals surface area contributed by atoms with Gasteiger partial charge in [0.1, 0.15) is 16.9 Å². The summed E-state index contributed by atoms with van der Waals surface area (Å²) >= 11 is 0. The molecule has 5 rings (SSSR count). The minimum Gasteiger partial charge on any atom is -0.477 e. The van der Waals surface area contributed by atoms with E-state index in [4.69, 9.17) is 4.42 Å². The van der Waals surface area contributed by atoms with Crippen LogP contribution in [0, 0.1) is 5.92 Å². The van der Waals surface area contributed by atoms with Gasteiger partial charge in [-0.3, -0.25) is 4.79 Å². The summed E-state index contributed by atoms with van der Waals surface area (Å²) < 4.78 is 6.05. The van der Waals surface area contributed by atoms with Crippen LogP contribution in [0.3, 0.4) is 0 Å². The summed E-state index contributed by atoms with van der Waals surface area (Å²) in [6, 6.07) is 10.6. The molecule has 0 bridgehead atoms. The first-order valence-corrected chi connectivity index (χ1v) is 9.45. The van der Waals surface area contributed by atoms with Crippen LogP contribution in [-0.4, -0.2) is 44.2 Å². The van der Waals surface area contributed by atoms with Gasteiger partial charge in [-0.1, -0.05) is 24.3 Å². The summed E-state index contributed by atoms with van der Waals surface area (Å²) in [5.41, 5.74) is 3.07. The molecular formula is C22H19NO6. The molecule has 2 aliphatic rings. The average Bonchev–Trinajstić information content (AvgIpc) is 3.23. The van der Waals surface area contributed by atoms with E-state index in [1.54, 1.807) is 25.1 Å². The number of furan rings is 1. The molecule has 3 atom stereocenters. The van der Waals surface area contributed by atoms with E-state index in [0.29, 0.717) is 28.7 Å². The van der Waals surface area contributed by atoms with Crippen molar-refractivity contribution < 1.29 is 29.3 Å². The molecule has 2 aromatic carbocycles. The van der Waals surface area contributed by atoms with E-state index in [1.165, 1.54) is 4.90 Å². The fourth-order valence-electron chi connectivity index (χ4n) is 4.69. The van der Waals surface area contributed by atoms with Crippen molar-refractivity contribution in [3.05, 3.63) is 53.2 Å². The third kappa shape index (κ3) is 2.38.